The molecule has 1 saturated carbocycles. The first kappa shape index (κ1) is 24.9. The molecule has 190 valence electrons. The lowest BCUT2D eigenvalue weighted by Gasteiger charge is -2.18. The topological polar surface area (TPSA) is 107 Å². The predicted octanol–water partition coefficient (Wildman–Crippen LogP) is 4.46. The van der Waals surface area contributed by atoms with E-state index in [1.165, 1.54) is 29.1 Å². The van der Waals surface area contributed by atoms with Gasteiger partial charge in [0.1, 0.15) is 10.9 Å². The number of nitrogens with one attached hydrogen (secondary N) is 1. The SMILES string of the molecule is CCOC(=O)c1c(NC(=O)[C@H]2CC2(F)F)sc2c1C[C@@H](N=C=Nc1cc(OC(F)F)nn1C)CC2.[HH]. The number of fused-ring (bicyclic) bond motifs is 1. The molecule has 2 heterocycles. The van der Waals surface area contributed by atoms with Crippen molar-refractivity contribution in [3.05, 3.63) is 22.1 Å². The van der Waals surface area contributed by atoms with Crippen LogP contribution in [0.2, 0.25) is 0 Å². The lowest BCUT2D eigenvalue weighted by Crippen LogP contribution is -2.21. The highest BCUT2D eigenvalue weighted by atomic mass is 32.1. The van der Waals surface area contributed by atoms with Gasteiger partial charge in [-0.15, -0.1) is 16.4 Å². The Kier molecular flexibility index (Phi) is 6.95. The summed E-state index contributed by atoms with van der Waals surface area (Å²) in [5, 5.41) is 6.43. The highest BCUT2D eigenvalue weighted by Gasteiger charge is 2.61. The molecule has 2 aromatic heterocycles. The highest BCUT2D eigenvalue weighted by molar-refractivity contribution is 7.17. The minimum Gasteiger partial charge on any atom is -0.462 e. The number of carbonyl (C=O) groups excluding carboxylic acids is 2. The number of rotatable bonds is 8. The Morgan fingerprint density at radius 2 is 2.20 bits per heavy atom. The number of anilines is 1. The van der Waals surface area contributed by atoms with Gasteiger partial charge in [0, 0.05) is 25.8 Å². The number of carbonyl (C=O) groups is 2. The van der Waals surface area contributed by atoms with Gasteiger partial charge >= 0.3 is 12.6 Å². The van der Waals surface area contributed by atoms with Crippen molar-refractivity contribution in [3.63, 3.8) is 0 Å². The Morgan fingerprint density at radius 1 is 1.46 bits per heavy atom. The normalized spacial score (nSPS) is 20.0. The van der Waals surface area contributed by atoms with E-state index >= 15 is 0 Å². The maximum atomic E-state index is 13.3. The molecule has 0 radical (unpaired) electrons. The summed E-state index contributed by atoms with van der Waals surface area (Å²) in [5.41, 5.74) is 0.794. The summed E-state index contributed by atoms with van der Waals surface area (Å²) >= 11 is 1.17. The fraction of sp³-hybridized carbons (Fsp3) is 0.524. The molecule has 1 amide bonds. The lowest BCUT2D eigenvalue weighted by molar-refractivity contribution is -0.119. The van der Waals surface area contributed by atoms with Crippen molar-refractivity contribution in [1.82, 2.24) is 9.78 Å². The van der Waals surface area contributed by atoms with Crippen LogP contribution >= 0.6 is 11.3 Å². The monoisotopic (exact) mass is 517 g/mol. The van der Waals surface area contributed by atoms with Gasteiger partial charge in [-0.2, -0.15) is 13.8 Å². The van der Waals surface area contributed by atoms with Crippen LogP contribution in [-0.4, -0.2) is 52.8 Å². The number of alkyl halides is 4. The van der Waals surface area contributed by atoms with Crippen molar-refractivity contribution in [2.75, 3.05) is 11.9 Å². The van der Waals surface area contributed by atoms with Crippen LogP contribution in [0.1, 0.15) is 42.0 Å². The molecule has 1 fully saturated rings. The third kappa shape index (κ3) is 5.54. The summed E-state index contributed by atoms with van der Waals surface area (Å²) in [6, 6.07) is 3.44. The molecular weight excluding hydrogens is 494 g/mol. The summed E-state index contributed by atoms with van der Waals surface area (Å²) in [6.45, 7) is -1.27. The van der Waals surface area contributed by atoms with Gasteiger partial charge in [0.05, 0.1) is 24.2 Å². The molecule has 2 aliphatic carbocycles. The van der Waals surface area contributed by atoms with Gasteiger partial charge in [0.25, 0.3) is 5.92 Å². The molecule has 0 spiro atoms. The number of hydrogen-bond donors (Lipinski definition) is 1. The first-order valence-corrected chi connectivity index (χ1v) is 11.6. The number of halogens is 4. The molecule has 0 unspecified atom stereocenters. The van der Waals surface area contributed by atoms with Gasteiger partial charge in [-0.25, -0.2) is 23.2 Å². The smallest absolute Gasteiger partial charge is 0.388 e. The van der Waals surface area contributed by atoms with Crippen LogP contribution in [0, 0.1) is 5.92 Å². The second kappa shape index (κ2) is 9.78. The molecule has 0 bridgehead atoms. The number of nitrogens with zero attached hydrogens (tertiary/aromatic N) is 4. The third-order valence-corrected chi connectivity index (χ3v) is 6.75. The highest BCUT2D eigenvalue weighted by Crippen LogP contribution is 2.49. The number of amides is 1. The van der Waals surface area contributed by atoms with Gasteiger partial charge in [-0.05, 0) is 31.7 Å². The summed E-state index contributed by atoms with van der Waals surface area (Å²) in [4.78, 5) is 34.0. The molecule has 2 atom stereocenters. The average molecular weight is 518 g/mol. The molecule has 14 heteroatoms. The molecule has 1 N–H and O–H groups in total. The van der Waals surface area contributed by atoms with Crippen molar-refractivity contribution in [2.24, 2.45) is 23.0 Å². The Morgan fingerprint density at radius 3 is 2.86 bits per heavy atom. The van der Waals surface area contributed by atoms with Crippen LogP contribution in [0.4, 0.5) is 28.4 Å². The maximum absolute atomic E-state index is 13.3. The quantitative estimate of drug-likeness (QED) is 0.316. The number of hydrogen-bond acceptors (Lipinski definition) is 8. The largest absolute Gasteiger partial charge is 0.462 e. The van der Waals surface area contributed by atoms with Crippen molar-refractivity contribution in [1.29, 1.82) is 0 Å². The minimum absolute atomic E-state index is 0. The zero-order valence-corrected chi connectivity index (χ0v) is 19.5. The third-order valence-electron chi connectivity index (χ3n) is 5.54. The van der Waals surface area contributed by atoms with E-state index in [0.717, 1.165) is 4.88 Å². The summed E-state index contributed by atoms with van der Waals surface area (Å²) in [6.07, 6.45) is 0.942. The van der Waals surface area contributed by atoms with Crippen LogP contribution < -0.4 is 10.1 Å². The van der Waals surface area contributed by atoms with Gasteiger partial charge in [0.2, 0.25) is 11.8 Å². The maximum Gasteiger partial charge on any atom is 0.388 e. The fourth-order valence-electron chi connectivity index (χ4n) is 3.73. The van der Waals surface area contributed by atoms with E-state index in [9.17, 15) is 27.2 Å². The zero-order chi connectivity index (χ0) is 25.3. The van der Waals surface area contributed by atoms with E-state index < -0.39 is 36.7 Å². The summed E-state index contributed by atoms with van der Waals surface area (Å²) < 4.78 is 61.9. The van der Waals surface area contributed by atoms with Gasteiger partial charge < -0.3 is 14.8 Å². The standard InChI is InChI=1S/C21H21F4N5O4S.H2/c1-3-33-19(32)16-11-6-10(26-9-27-14-7-15(29-30(14)2)34-20(22)23)4-5-13(11)35-18(16)28-17(31)12-8-21(12,24)25;/h7,10,12,20H,3-6,8H2,1-2H3,(H,28,31);1H/t10-,12+;/m0./s1. The molecule has 4 rings (SSSR count). The van der Waals surface area contributed by atoms with Crippen LogP contribution in [-0.2, 0) is 29.4 Å². The summed E-state index contributed by atoms with van der Waals surface area (Å²) in [5.74, 6) is -5.99. The minimum atomic E-state index is -3.02. The van der Waals surface area contributed by atoms with Crippen LogP contribution in [0.3, 0.4) is 0 Å². The molecule has 0 aliphatic heterocycles. The second-order valence-corrected chi connectivity index (χ2v) is 9.12. The molecule has 9 nitrogen and oxygen atoms in total. The Bertz CT molecular complexity index is 1210. The number of aromatic nitrogens is 2. The van der Waals surface area contributed by atoms with E-state index in [1.807, 2.05) is 0 Å². The van der Waals surface area contributed by atoms with Crippen molar-refractivity contribution < 1.29 is 38.1 Å². The van der Waals surface area contributed by atoms with Crippen molar-refractivity contribution in [2.45, 2.75) is 51.2 Å². The molecule has 0 aromatic carbocycles. The van der Waals surface area contributed by atoms with E-state index in [4.69, 9.17) is 4.74 Å². The van der Waals surface area contributed by atoms with Gasteiger partial charge in [0.15, 0.2) is 5.82 Å². The van der Waals surface area contributed by atoms with Crippen LogP contribution in [0.5, 0.6) is 5.88 Å². The lowest BCUT2D eigenvalue weighted by atomic mass is 9.92. The number of aryl methyl sites for hydroxylation is 2. The Balaban J connectivity index is 0.00000361. The van der Waals surface area contributed by atoms with Crippen molar-refractivity contribution >= 4 is 40.0 Å². The second-order valence-electron chi connectivity index (χ2n) is 8.02. The van der Waals surface area contributed by atoms with E-state index in [1.54, 1.807) is 6.92 Å². The van der Waals surface area contributed by atoms with E-state index in [0.29, 0.717) is 24.8 Å². The van der Waals surface area contributed by atoms with Gasteiger partial charge in [-0.1, -0.05) is 0 Å². The average Bonchev–Trinajstić information content (AvgIpc) is 3.08. The van der Waals surface area contributed by atoms with Crippen LogP contribution in [0.15, 0.2) is 16.1 Å². The van der Waals surface area contributed by atoms with Gasteiger partial charge in [-0.3, -0.25) is 4.79 Å². The first-order chi connectivity index (χ1) is 16.6. The first-order valence-electron chi connectivity index (χ1n) is 10.7. The number of aliphatic imine (C=N–C) groups is 2. The van der Waals surface area contributed by atoms with E-state index in [2.05, 4.69) is 31.1 Å². The van der Waals surface area contributed by atoms with Crippen LogP contribution in [0.25, 0.3) is 0 Å². The Hall–Kier alpha value is -3.25. The van der Waals surface area contributed by atoms with E-state index in [-0.39, 0.29) is 36.3 Å². The number of ether oxygens (including phenoxy) is 2. The molecular formula is C21H23F4N5O4S. The predicted molar refractivity (Wildman–Crippen MR) is 119 cm³/mol. The fourth-order valence-corrected chi connectivity index (χ4v) is 4.96. The molecule has 0 saturated heterocycles. The molecule has 2 aromatic rings. The molecule has 35 heavy (non-hydrogen) atoms. The zero-order valence-electron chi connectivity index (χ0n) is 18.7. The number of thiophene rings is 1. The van der Waals surface area contributed by atoms with Crippen molar-refractivity contribution in [3.8, 4) is 5.88 Å². The Labute approximate surface area is 202 Å². The number of esters is 1. The summed E-state index contributed by atoms with van der Waals surface area (Å²) in [7, 11) is 1.50. The molecule has 2 aliphatic rings.